The van der Waals surface area contributed by atoms with E-state index in [0.717, 1.165) is 17.8 Å². The molecule has 1 aromatic heterocycles. The Bertz CT molecular complexity index is 760. The van der Waals surface area contributed by atoms with Gasteiger partial charge < -0.3 is 19.9 Å². The predicted molar refractivity (Wildman–Crippen MR) is 100 cm³/mol. The van der Waals surface area contributed by atoms with Crippen LogP contribution in [0.4, 0.5) is 13.2 Å². The van der Waals surface area contributed by atoms with Crippen LogP contribution >= 0.6 is 0 Å². The number of rotatable bonds is 9. The number of benzene rings is 1. The molecule has 0 radical (unpaired) electrons. The summed E-state index contributed by atoms with van der Waals surface area (Å²) in [5, 5.41) is 14.3. The summed E-state index contributed by atoms with van der Waals surface area (Å²) in [6, 6.07) is 6.49. The lowest BCUT2D eigenvalue weighted by Crippen LogP contribution is -2.38. The fourth-order valence-electron chi connectivity index (χ4n) is 2.45. The van der Waals surface area contributed by atoms with Crippen LogP contribution in [0.5, 0.6) is 5.75 Å². The maximum absolute atomic E-state index is 12.3. The van der Waals surface area contributed by atoms with E-state index in [1.807, 2.05) is 18.4 Å². The molecule has 0 aliphatic rings. The zero-order chi connectivity index (χ0) is 20.4. The summed E-state index contributed by atoms with van der Waals surface area (Å²) < 4.78 is 43.6. The summed E-state index contributed by atoms with van der Waals surface area (Å²) in [6.07, 6.45) is -1.86. The monoisotopic (exact) mass is 398 g/mol. The summed E-state index contributed by atoms with van der Waals surface area (Å²) >= 11 is 0. The van der Waals surface area contributed by atoms with Crippen molar-refractivity contribution in [3.63, 3.8) is 0 Å². The van der Waals surface area contributed by atoms with Crippen molar-refractivity contribution in [2.75, 3.05) is 19.7 Å². The molecule has 0 spiro atoms. The summed E-state index contributed by atoms with van der Waals surface area (Å²) in [7, 11) is 0. The van der Waals surface area contributed by atoms with Crippen molar-refractivity contribution in [3.05, 3.63) is 42.0 Å². The number of nitrogens with one attached hydrogen (secondary N) is 2. The van der Waals surface area contributed by atoms with E-state index < -0.39 is 12.8 Å². The number of ether oxygens (including phenoxy) is 1. The minimum atomic E-state index is -4.36. The lowest BCUT2D eigenvalue weighted by atomic mass is 10.2. The summed E-state index contributed by atoms with van der Waals surface area (Å²) in [5.74, 6) is 1.71. The highest BCUT2D eigenvalue weighted by Gasteiger charge is 2.28. The van der Waals surface area contributed by atoms with Gasteiger partial charge in [-0.15, -0.1) is 10.2 Å². The van der Waals surface area contributed by atoms with E-state index in [-0.39, 0.29) is 5.75 Å². The van der Waals surface area contributed by atoms with Crippen LogP contribution in [0.2, 0.25) is 0 Å². The van der Waals surface area contributed by atoms with Crippen LogP contribution in [0.15, 0.2) is 35.6 Å². The average Bonchev–Trinajstić information content (AvgIpc) is 3.12. The van der Waals surface area contributed by atoms with Crippen LogP contribution in [0.3, 0.4) is 0 Å². The predicted octanol–water partition coefficient (Wildman–Crippen LogP) is 2.54. The molecule has 1 heterocycles. The molecule has 0 saturated heterocycles. The van der Waals surface area contributed by atoms with Gasteiger partial charge in [0, 0.05) is 26.1 Å². The van der Waals surface area contributed by atoms with Gasteiger partial charge in [0.1, 0.15) is 17.9 Å². The Kier molecular flexibility index (Phi) is 8.09. The highest BCUT2D eigenvalue weighted by molar-refractivity contribution is 5.79. The number of aromatic nitrogens is 3. The summed E-state index contributed by atoms with van der Waals surface area (Å²) in [6.45, 7) is 4.99. The van der Waals surface area contributed by atoms with Crippen LogP contribution < -0.4 is 15.4 Å². The van der Waals surface area contributed by atoms with E-state index in [4.69, 9.17) is 4.74 Å². The zero-order valence-corrected chi connectivity index (χ0v) is 16.0. The Morgan fingerprint density at radius 2 is 2.07 bits per heavy atom. The summed E-state index contributed by atoms with van der Waals surface area (Å²) in [4.78, 5) is 4.47. The van der Waals surface area contributed by atoms with E-state index in [2.05, 4.69) is 25.8 Å². The van der Waals surface area contributed by atoms with Crippen molar-refractivity contribution in [1.82, 2.24) is 25.4 Å². The van der Waals surface area contributed by atoms with Crippen molar-refractivity contribution in [2.45, 2.75) is 39.5 Å². The number of hydrogen-bond acceptors (Lipinski definition) is 4. The second-order valence-corrected chi connectivity index (χ2v) is 5.97. The minimum absolute atomic E-state index is 0.169. The first-order valence-electron chi connectivity index (χ1n) is 9.08. The third kappa shape index (κ3) is 7.45. The molecule has 2 N–H and O–H groups in total. The molecular formula is C18H25F3N6O. The number of guanidine groups is 1. The van der Waals surface area contributed by atoms with E-state index in [9.17, 15) is 13.2 Å². The van der Waals surface area contributed by atoms with Gasteiger partial charge in [-0.05, 0) is 24.6 Å². The van der Waals surface area contributed by atoms with Crippen molar-refractivity contribution in [3.8, 4) is 5.75 Å². The van der Waals surface area contributed by atoms with Gasteiger partial charge >= 0.3 is 6.18 Å². The third-order valence-corrected chi connectivity index (χ3v) is 3.72. The van der Waals surface area contributed by atoms with Crippen LogP contribution in [0.25, 0.3) is 0 Å². The first-order chi connectivity index (χ1) is 13.4. The largest absolute Gasteiger partial charge is 0.484 e. The maximum atomic E-state index is 12.3. The number of nitrogens with zero attached hydrogens (tertiary/aromatic N) is 4. The van der Waals surface area contributed by atoms with Crippen molar-refractivity contribution < 1.29 is 17.9 Å². The molecule has 0 atom stereocenters. The Balaban J connectivity index is 1.90. The van der Waals surface area contributed by atoms with Crippen LogP contribution in [0.1, 0.15) is 25.2 Å². The molecular weight excluding hydrogens is 373 g/mol. The molecule has 0 aliphatic carbocycles. The van der Waals surface area contributed by atoms with Crippen molar-refractivity contribution >= 4 is 5.96 Å². The molecule has 0 amide bonds. The van der Waals surface area contributed by atoms with Crippen LogP contribution in [-0.4, -0.2) is 46.6 Å². The molecule has 0 aliphatic heterocycles. The molecule has 154 valence electrons. The lowest BCUT2D eigenvalue weighted by Gasteiger charge is -2.13. The van der Waals surface area contributed by atoms with Crippen LogP contribution in [-0.2, 0) is 19.5 Å². The topological polar surface area (TPSA) is 76.4 Å². The average molecular weight is 398 g/mol. The lowest BCUT2D eigenvalue weighted by molar-refractivity contribution is -0.153. The number of alkyl halides is 3. The standard InChI is InChI=1S/C18H25F3N6O/c1-3-16-26-25-13-27(16)9-8-23-17(22-4-2)24-11-14-6-5-7-15(10-14)28-12-18(19,20)21/h5-7,10,13H,3-4,8-9,11-12H2,1-2H3,(H2,22,23,24). The Morgan fingerprint density at radius 3 is 2.79 bits per heavy atom. The van der Waals surface area contributed by atoms with E-state index in [1.165, 1.54) is 6.07 Å². The van der Waals surface area contributed by atoms with Gasteiger partial charge in [0.25, 0.3) is 0 Å². The number of halogens is 3. The van der Waals surface area contributed by atoms with E-state index >= 15 is 0 Å². The highest BCUT2D eigenvalue weighted by Crippen LogP contribution is 2.19. The minimum Gasteiger partial charge on any atom is -0.484 e. The first kappa shape index (κ1) is 21.5. The normalized spacial score (nSPS) is 12.1. The molecule has 0 unspecified atom stereocenters. The number of aliphatic imine (C=N–C) groups is 1. The van der Waals surface area contributed by atoms with Gasteiger partial charge in [0.05, 0.1) is 6.54 Å². The molecule has 0 saturated carbocycles. The van der Waals surface area contributed by atoms with Gasteiger partial charge in [-0.25, -0.2) is 4.99 Å². The van der Waals surface area contributed by atoms with Gasteiger partial charge in [0.2, 0.25) is 0 Å². The van der Waals surface area contributed by atoms with E-state index in [1.54, 1.807) is 24.5 Å². The number of hydrogen-bond donors (Lipinski definition) is 2. The molecule has 10 heteroatoms. The second kappa shape index (κ2) is 10.5. The van der Waals surface area contributed by atoms with Gasteiger partial charge in [-0.3, -0.25) is 0 Å². The molecule has 1 aromatic carbocycles. The third-order valence-electron chi connectivity index (χ3n) is 3.72. The van der Waals surface area contributed by atoms with E-state index in [0.29, 0.717) is 32.1 Å². The molecule has 0 fully saturated rings. The molecule has 0 bridgehead atoms. The Hall–Kier alpha value is -2.78. The second-order valence-electron chi connectivity index (χ2n) is 5.97. The van der Waals surface area contributed by atoms with Gasteiger partial charge in [-0.2, -0.15) is 13.2 Å². The van der Waals surface area contributed by atoms with Crippen molar-refractivity contribution in [2.24, 2.45) is 4.99 Å². The highest BCUT2D eigenvalue weighted by atomic mass is 19.4. The quantitative estimate of drug-likeness (QED) is 0.502. The SMILES string of the molecule is CCNC(=NCc1cccc(OCC(F)(F)F)c1)NCCn1cnnc1CC. The zero-order valence-electron chi connectivity index (χ0n) is 16.0. The fourth-order valence-corrected chi connectivity index (χ4v) is 2.45. The molecule has 2 aromatic rings. The van der Waals surface area contributed by atoms with Crippen molar-refractivity contribution in [1.29, 1.82) is 0 Å². The smallest absolute Gasteiger partial charge is 0.422 e. The Morgan fingerprint density at radius 1 is 1.25 bits per heavy atom. The van der Waals surface area contributed by atoms with Gasteiger partial charge in [-0.1, -0.05) is 19.1 Å². The van der Waals surface area contributed by atoms with Crippen LogP contribution in [0, 0.1) is 0 Å². The summed E-state index contributed by atoms with van der Waals surface area (Å²) in [5.41, 5.74) is 0.754. The van der Waals surface area contributed by atoms with Gasteiger partial charge in [0.15, 0.2) is 12.6 Å². The molecule has 7 nitrogen and oxygen atoms in total. The maximum Gasteiger partial charge on any atom is 0.422 e. The Labute approximate surface area is 162 Å². The molecule has 28 heavy (non-hydrogen) atoms. The molecule has 2 rings (SSSR count). The fraction of sp³-hybridized carbons (Fsp3) is 0.500. The number of aryl methyl sites for hydroxylation is 1. The first-order valence-corrected chi connectivity index (χ1v) is 9.08.